The highest BCUT2D eigenvalue weighted by atomic mass is 35.5. The average Bonchev–Trinajstić information content (AvgIpc) is 2.31. The lowest BCUT2D eigenvalue weighted by atomic mass is 10.1. The molecule has 92 valence electrons. The highest BCUT2D eigenvalue weighted by Gasteiger charge is 2.25. The number of hydrogen-bond acceptors (Lipinski definition) is 3. The van der Waals surface area contributed by atoms with Crippen molar-refractivity contribution in [3.05, 3.63) is 23.2 Å². The van der Waals surface area contributed by atoms with Crippen LogP contribution in [0.5, 0.6) is 0 Å². The molecule has 4 nitrogen and oxygen atoms in total. The minimum Gasteiger partial charge on any atom is -0.385 e. The Kier molecular flexibility index (Phi) is 3.86. The van der Waals surface area contributed by atoms with Crippen LogP contribution in [0.2, 0.25) is 5.02 Å². The molecule has 1 amide bonds. The Hall–Kier alpha value is -1.26. The zero-order chi connectivity index (χ0) is 12.3. The first-order chi connectivity index (χ1) is 8.22. The van der Waals surface area contributed by atoms with E-state index in [-0.39, 0.29) is 11.9 Å². The van der Waals surface area contributed by atoms with Crippen molar-refractivity contribution >= 4 is 28.9 Å². The first kappa shape index (κ1) is 12.2. The normalized spacial score (nSPS) is 18.2. The molecule has 17 heavy (non-hydrogen) atoms. The molecule has 5 heteroatoms. The monoisotopic (exact) mass is 254 g/mol. The predicted molar refractivity (Wildman–Crippen MR) is 68.6 cm³/mol. The van der Waals surface area contributed by atoms with Crippen LogP contribution in [0.3, 0.4) is 0 Å². The van der Waals surface area contributed by atoms with Gasteiger partial charge in [0.15, 0.2) is 0 Å². The molecule has 0 fully saturated rings. The van der Waals surface area contributed by atoms with Crippen molar-refractivity contribution in [1.29, 1.82) is 0 Å². The summed E-state index contributed by atoms with van der Waals surface area (Å²) in [6.07, 6.45) is 1.56. The van der Waals surface area contributed by atoms with Crippen molar-refractivity contribution in [3.63, 3.8) is 0 Å². The number of carbonyl (C=O) groups excluding carboxylic acids is 1. The van der Waals surface area contributed by atoms with Crippen LogP contribution in [-0.4, -0.2) is 25.7 Å². The summed E-state index contributed by atoms with van der Waals surface area (Å²) in [6.45, 7) is 0.654. The fourth-order valence-corrected chi connectivity index (χ4v) is 2.10. The fourth-order valence-electron chi connectivity index (χ4n) is 1.87. The molecule has 1 heterocycles. The molecule has 0 spiro atoms. The van der Waals surface area contributed by atoms with E-state index < -0.39 is 0 Å². The first-order valence-corrected chi connectivity index (χ1v) is 5.95. The number of methoxy groups -OCH3 is 1. The van der Waals surface area contributed by atoms with Crippen molar-refractivity contribution in [2.75, 3.05) is 24.4 Å². The number of nitrogens with one attached hydrogen (secondary N) is 2. The van der Waals surface area contributed by atoms with E-state index >= 15 is 0 Å². The van der Waals surface area contributed by atoms with E-state index in [1.807, 2.05) is 12.1 Å². The Morgan fingerprint density at radius 3 is 3.06 bits per heavy atom. The van der Waals surface area contributed by atoms with Crippen LogP contribution in [0.1, 0.15) is 12.8 Å². The Balaban J connectivity index is 2.09. The van der Waals surface area contributed by atoms with Crippen LogP contribution in [-0.2, 0) is 9.53 Å². The van der Waals surface area contributed by atoms with Crippen molar-refractivity contribution in [2.45, 2.75) is 18.9 Å². The lowest BCUT2D eigenvalue weighted by Gasteiger charge is -2.27. The minimum atomic E-state index is -0.238. The molecule has 1 unspecified atom stereocenters. The number of amides is 1. The second kappa shape index (κ2) is 5.38. The van der Waals surface area contributed by atoms with Crippen LogP contribution in [0, 0.1) is 0 Å². The smallest absolute Gasteiger partial charge is 0.246 e. The molecule has 0 aromatic heterocycles. The van der Waals surface area contributed by atoms with Gasteiger partial charge in [-0.2, -0.15) is 0 Å². The molecule has 1 aromatic carbocycles. The van der Waals surface area contributed by atoms with Gasteiger partial charge < -0.3 is 15.4 Å². The summed E-state index contributed by atoms with van der Waals surface area (Å²) in [5.74, 6) is -0.0177. The molecule has 1 atom stereocenters. The van der Waals surface area contributed by atoms with Crippen molar-refractivity contribution in [2.24, 2.45) is 0 Å². The summed E-state index contributed by atoms with van der Waals surface area (Å²) >= 11 is 6.08. The predicted octanol–water partition coefficient (Wildman–Crippen LogP) is 2.50. The quantitative estimate of drug-likeness (QED) is 0.812. The van der Waals surface area contributed by atoms with E-state index in [1.54, 1.807) is 13.2 Å². The molecule has 0 bridgehead atoms. The molecule has 1 aromatic rings. The van der Waals surface area contributed by atoms with E-state index in [1.165, 1.54) is 0 Å². The molecule has 2 N–H and O–H groups in total. The molecule has 0 saturated heterocycles. The maximum absolute atomic E-state index is 11.8. The van der Waals surface area contributed by atoms with Gasteiger partial charge in [-0.15, -0.1) is 0 Å². The Labute approximate surface area is 105 Å². The third kappa shape index (κ3) is 2.70. The van der Waals surface area contributed by atoms with Crippen LogP contribution in [0.15, 0.2) is 18.2 Å². The molecule has 1 aliphatic heterocycles. The summed E-state index contributed by atoms with van der Waals surface area (Å²) in [6, 6.07) is 5.21. The van der Waals surface area contributed by atoms with Gasteiger partial charge in [0, 0.05) is 13.7 Å². The maximum atomic E-state index is 11.8. The summed E-state index contributed by atoms with van der Waals surface area (Å²) in [7, 11) is 1.65. The lowest BCUT2D eigenvalue weighted by Crippen LogP contribution is -2.39. The van der Waals surface area contributed by atoms with Crippen LogP contribution >= 0.6 is 11.6 Å². The molecular weight excluding hydrogens is 240 g/mol. The van der Waals surface area contributed by atoms with E-state index in [2.05, 4.69) is 10.6 Å². The number of para-hydroxylation sites is 1. The summed E-state index contributed by atoms with van der Waals surface area (Å²) in [5, 5.41) is 6.65. The number of fused-ring (bicyclic) bond motifs is 1. The van der Waals surface area contributed by atoms with Gasteiger partial charge in [0.25, 0.3) is 0 Å². The maximum Gasteiger partial charge on any atom is 0.246 e. The topological polar surface area (TPSA) is 50.4 Å². The molecule has 2 rings (SSSR count). The summed E-state index contributed by atoms with van der Waals surface area (Å²) < 4.78 is 4.98. The highest BCUT2D eigenvalue weighted by molar-refractivity contribution is 6.34. The summed E-state index contributed by atoms with van der Waals surface area (Å²) in [5.41, 5.74) is 1.54. The van der Waals surface area contributed by atoms with Gasteiger partial charge in [-0.1, -0.05) is 17.7 Å². The van der Waals surface area contributed by atoms with Crippen molar-refractivity contribution in [3.8, 4) is 0 Å². The first-order valence-electron chi connectivity index (χ1n) is 5.57. The molecule has 0 saturated carbocycles. The number of anilines is 2. The van der Waals surface area contributed by atoms with Crippen LogP contribution in [0.4, 0.5) is 11.4 Å². The van der Waals surface area contributed by atoms with Gasteiger partial charge in [-0.25, -0.2) is 0 Å². The van der Waals surface area contributed by atoms with Gasteiger partial charge in [0.1, 0.15) is 6.04 Å². The Morgan fingerprint density at radius 1 is 1.47 bits per heavy atom. The standard InChI is InChI=1S/C12H15ClN2O2/c1-17-7-3-6-10-12(16)15-9-5-2-4-8(13)11(9)14-10/h2,4-5,10,14H,3,6-7H2,1H3,(H,15,16). The molecule has 0 radical (unpaired) electrons. The second-order valence-electron chi connectivity index (χ2n) is 3.98. The zero-order valence-electron chi connectivity index (χ0n) is 9.63. The van der Waals surface area contributed by atoms with Gasteiger partial charge in [0.05, 0.1) is 16.4 Å². The van der Waals surface area contributed by atoms with E-state index in [4.69, 9.17) is 16.3 Å². The van der Waals surface area contributed by atoms with Gasteiger partial charge in [-0.3, -0.25) is 4.79 Å². The van der Waals surface area contributed by atoms with Gasteiger partial charge >= 0.3 is 0 Å². The molecule has 1 aliphatic rings. The largest absolute Gasteiger partial charge is 0.385 e. The summed E-state index contributed by atoms with van der Waals surface area (Å²) in [4.78, 5) is 11.8. The van der Waals surface area contributed by atoms with E-state index in [0.29, 0.717) is 11.6 Å². The van der Waals surface area contributed by atoms with Gasteiger partial charge in [-0.05, 0) is 25.0 Å². The molecular formula is C12H15ClN2O2. The number of ether oxygens (including phenoxy) is 1. The zero-order valence-corrected chi connectivity index (χ0v) is 10.4. The third-order valence-corrected chi connectivity index (χ3v) is 3.06. The Morgan fingerprint density at radius 2 is 2.29 bits per heavy atom. The number of benzene rings is 1. The van der Waals surface area contributed by atoms with Crippen LogP contribution < -0.4 is 10.6 Å². The SMILES string of the molecule is COCCCC1Nc2c(Cl)cccc2NC1=O. The number of halogens is 1. The highest BCUT2D eigenvalue weighted by Crippen LogP contribution is 2.34. The minimum absolute atomic E-state index is 0.0177. The molecule has 0 aliphatic carbocycles. The van der Waals surface area contributed by atoms with Crippen LogP contribution in [0.25, 0.3) is 0 Å². The van der Waals surface area contributed by atoms with E-state index in [0.717, 1.165) is 24.2 Å². The van der Waals surface area contributed by atoms with Crippen molar-refractivity contribution in [1.82, 2.24) is 0 Å². The number of carbonyl (C=O) groups is 1. The lowest BCUT2D eigenvalue weighted by molar-refractivity contribution is -0.117. The second-order valence-corrected chi connectivity index (χ2v) is 4.39. The number of hydrogen-bond donors (Lipinski definition) is 2. The van der Waals surface area contributed by atoms with Gasteiger partial charge in [0.2, 0.25) is 5.91 Å². The third-order valence-electron chi connectivity index (χ3n) is 2.75. The van der Waals surface area contributed by atoms with Crippen molar-refractivity contribution < 1.29 is 9.53 Å². The Bertz CT molecular complexity index is 423. The average molecular weight is 255 g/mol. The fraction of sp³-hybridized carbons (Fsp3) is 0.417. The van der Waals surface area contributed by atoms with E-state index in [9.17, 15) is 4.79 Å². The number of rotatable bonds is 4.